The van der Waals surface area contributed by atoms with Gasteiger partial charge >= 0.3 is 6.09 Å². The number of thioether (sulfide) groups is 2. The summed E-state index contributed by atoms with van der Waals surface area (Å²) >= 11 is 3.54. The molecule has 0 aromatic heterocycles. The van der Waals surface area contributed by atoms with Crippen LogP contribution in [0.2, 0.25) is 0 Å². The van der Waals surface area contributed by atoms with Crippen LogP contribution < -0.4 is 10.6 Å². The van der Waals surface area contributed by atoms with Crippen molar-refractivity contribution >= 4 is 35.5 Å². The monoisotopic (exact) mass is 276 g/mol. The first-order valence-corrected chi connectivity index (χ1v) is 7.53. The van der Waals surface area contributed by atoms with E-state index in [-0.39, 0.29) is 12.0 Å². The van der Waals surface area contributed by atoms with E-state index in [2.05, 4.69) is 17.2 Å². The number of rotatable bonds is 5. The Morgan fingerprint density at radius 3 is 2.59 bits per heavy atom. The molecule has 0 atom stereocenters. The highest BCUT2D eigenvalue weighted by atomic mass is 32.2. The van der Waals surface area contributed by atoms with E-state index in [1.165, 1.54) is 6.08 Å². The minimum Gasteiger partial charge on any atom is -0.444 e. The van der Waals surface area contributed by atoms with Gasteiger partial charge in [0.05, 0.1) is 0 Å². The first kappa shape index (κ1) is 14.2. The molecule has 17 heavy (non-hydrogen) atoms. The van der Waals surface area contributed by atoms with Crippen LogP contribution in [-0.2, 0) is 9.53 Å². The molecule has 0 unspecified atom stereocenters. The summed E-state index contributed by atoms with van der Waals surface area (Å²) in [6.45, 7) is 4.04. The van der Waals surface area contributed by atoms with Crippen molar-refractivity contribution in [2.45, 2.75) is 6.10 Å². The lowest BCUT2D eigenvalue weighted by Gasteiger charge is -2.21. The zero-order valence-corrected chi connectivity index (χ0v) is 11.1. The van der Waals surface area contributed by atoms with Gasteiger partial charge in [0.1, 0.15) is 6.10 Å². The van der Waals surface area contributed by atoms with Crippen LogP contribution in [0.25, 0.3) is 0 Å². The third-order valence-electron chi connectivity index (χ3n) is 1.93. The number of hydrogen-bond acceptors (Lipinski definition) is 5. The fraction of sp³-hybridized carbons (Fsp3) is 0.600. The highest BCUT2D eigenvalue weighted by Gasteiger charge is 2.17. The number of carbonyl (C=O) groups is 2. The summed E-state index contributed by atoms with van der Waals surface area (Å²) in [5.41, 5.74) is 0. The van der Waals surface area contributed by atoms with Crippen molar-refractivity contribution in [3.63, 3.8) is 0 Å². The van der Waals surface area contributed by atoms with Crippen LogP contribution in [-0.4, -0.2) is 47.8 Å². The Bertz CT molecular complexity index is 281. The van der Waals surface area contributed by atoms with Crippen LogP contribution in [0.3, 0.4) is 0 Å². The maximum Gasteiger partial charge on any atom is 0.407 e. The average Bonchev–Trinajstić information content (AvgIpc) is 2.35. The molecule has 0 bridgehead atoms. The molecule has 5 nitrogen and oxygen atoms in total. The Balaban J connectivity index is 2.04. The number of nitrogens with one attached hydrogen (secondary N) is 2. The van der Waals surface area contributed by atoms with Crippen LogP contribution >= 0.6 is 23.5 Å². The minimum atomic E-state index is -0.425. The fourth-order valence-electron chi connectivity index (χ4n) is 1.15. The van der Waals surface area contributed by atoms with Gasteiger partial charge in [-0.15, -0.1) is 23.5 Å². The van der Waals surface area contributed by atoms with E-state index in [0.717, 1.165) is 16.6 Å². The van der Waals surface area contributed by atoms with Crippen molar-refractivity contribution in [1.82, 2.24) is 10.6 Å². The lowest BCUT2D eigenvalue weighted by molar-refractivity contribution is -0.116. The van der Waals surface area contributed by atoms with Gasteiger partial charge in [0, 0.05) is 29.7 Å². The number of ether oxygens (including phenoxy) is 1. The number of carbonyl (C=O) groups excluding carboxylic acids is 2. The van der Waals surface area contributed by atoms with Crippen LogP contribution in [0.4, 0.5) is 4.79 Å². The van der Waals surface area contributed by atoms with E-state index in [4.69, 9.17) is 4.74 Å². The van der Waals surface area contributed by atoms with Gasteiger partial charge in [-0.2, -0.15) is 0 Å². The number of hydrogen-bond donors (Lipinski definition) is 2. The summed E-state index contributed by atoms with van der Waals surface area (Å²) < 4.78 is 5.20. The predicted molar refractivity (Wildman–Crippen MR) is 71.3 cm³/mol. The number of amides is 2. The van der Waals surface area contributed by atoms with Crippen LogP contribution in [0.5, 0.6) is 0 Å². The molecule has 1 aliphatic heterocycles. The topological polar surface area (TPSA) is 67.4 Å². The first-order chi connectivity index (χ1) is 8.22. The van der Waals surface area contributed by atoms with Crippen molar-refractivity contribution in [3.8, 4) is 0 Å². The Kier molecular flexibility index (Phi) is 6.95. The molecule has 2 N–H and O–H groups in total. The molecule has 0 aromatic carbocycles. The summed E-state index contributed by atoms with van der Waals surface area (Å²) in [5, 5.41) is 6.20. The van der Waals surface area contributed by atoms with E-state index in [1.807, 2.05) is 0 Å². The Morgan fingerprint density at radius 1 is 1.29 bits per heavy atom. The van der Waals surface area contributed by atoms with Gasteiger partial charge in [0.15, 0.2) is 0 Å². The highest BCUT2D eigenvalue weighted by molar-refractivity contribution is 8.16. The van der Waals surface area contributed by atoms with Crippen molar-refractivity contribution in [2.75, 3.05) is 29.7 Å². The third kappa shape index (κ3) is 6.48. The Labute approximate surface area is 109 Å². The van der Waals surface area contributed by atoms with Gasteiger partial charge < -0.3 is 15.4 Å². The second-order valence-corrected chi connectivity index (χ2v) is 5.73. The van der Waals surface area contributed by atoms with Gasteiger partial charge in [0.2, 0.25) is 5.91 Å². The zero-order valence-electron chi connectivity index (χ0n) is 9.44. The molecule has 2 amide bonds. The largest absolute Gasteiger partial charge is 0.444 e. The van der Waals surface area contributed by atoms with Crippen LogP contribution in [0.15, 0.2) is 12.7 Å². The van der Waals surface area contributed by atoms with Crippen molar-refractivity contribution < 1.29 is 14.3 Å². The molecule has 1 heterocycles. The molecular weight excluding hydrogens is 260 g/mol. The second kappa shape index (κ2) is 8.30. The summed E-state index contributed by atoms with van der Waals surface area (Å²) in [6, 6.07) is 0. The van der Waals surface area contributed by atoms with E-state index < -0.39 is 6.09 Å². The summed E-state index contributed by atoms with van der Waals surface area (Å²) in [6.07, 6.45) is 0.752. The van der Waals surface area contributed by atoms with Crippen molar-refractivity contribution in [2.24, 2.45) is 0 Å². The average molecular weight is 276 g/mol. The number of alkyl carbamates (subject to hydrolysis) is 1. The van der Waals surface area contributed by atoms with E-state index in [9.17, 15) is 9.59 Å². The van der Waals surface area contributed by atoms with Gasteiger partial charge in [-0.05, 0) is 6.08 Å². The normalized spacial score (nSPS) is 16.0. The SMILES string of the molecule is C=CC(=O)NCCNC(=O)OC1CSCSC1. The molecule has 1 fully saturated rings. The van der Waals surface area contributed by atoms with Gasteiger partial charge in [-0.25, -0.2) is 4.79 Å². The Morgan fingerprint density at radius 2 is 1.94 bits per heavy atom. The van der Waals surface area contributed by atoms with Crippen molar-refractivity contribution in [1.29, 1.82) is 0 Å². The molecule has 0 saturated carbocycles. The van der Waals surface area contributed by atoms with Gasteiger partial charge in [-0.1, -0.05) is 6.58 Å². The molecule has 96 valence electrons. The maximum atomic E-state index is 11.3. The molecule has 0 radical (unpaired) electrons. The lowest BCUT2D eigenvalue weighted by Crippen LogP contribution is -2.37. The van der Waals surface area contributed by atoms with E-state index >= 15 is 0 Å². The lowest BCUT2D eigenvalue weighted by atomic mass is 10.5. The highest BCUT2D eigenvalue weighted by Crippen LogP contribution is 2.22. The van der Waals surface area contributed by atoms with Crippen LogP contribution in [0, 0.1) is 0 Å². The van der Waals surface area contributed by atoms with Crippen LogP contribution in [0.1, 0.15) is 0 Å². The van der Waals surface area contributed by atoms with Gasteiger partial charge in [0.25, 0.3) is 0 Å². The smallest absolute Gasteiger partial charge is 0.407 e. The zero-order chi connectivity index (χ0) is 12.5. The summed E-state index contributed by atoms with van der Waals surface area (Å²) in [4.78, 5) is 22.1. The molecule has 1 aliphatic rings. The van der Waals surface area contributed by atoms with Gasteiger partial charge in [-0.3, -0.25) is 4.79 Å². The minimum absolute atomic E-state index is 0.0125. The standard InChI is InChI=1S/C10H16N2O3S2/c1-2-9(13)11-3-4-12-10(14)15-8-5-16-7-17-6-8/h2,8H,1,3-7H2,(H,11,13)(H,12,14). The molecule has 0 aliphatic carbocycles. The second-order valence-electron chi connectivity index (χ2n) is 3.31. The molecule has 7 heteroatoms. The first-order valence-electron chi connectivity index (χ1n) is 5.22. The maximum absolute atomic E-state index is 11.3. The van der Waals surface area contributed by atoms with Crippen molar-refractivity contribution in [3.05, 3.63) is 12.7 Å². The third-order valence-corrected chi connectivity index (χ3v) is 4.48. The molecule has 1 rings (SSSR count). The molecule has 1 saturated heterocycles. The predicted octanol–water partition coefficient (Wildman–Crippen LogP) is 0.821. The summed E-state index contributed by atoms with van der Waals surface area (Å²) in [5.74, 6) is 1.46. The molecule has 0 spiro atoms. The summed E-state index contributed by atoms with van der Waals surface area (Å²) in [7, 11) is 0. The molecule has 0 aromatic rings. The fourth-order valence-corrected chi connectivity index (χ4v) is 3.44. The quantitative estimate of drug-likeness (QED) is 0.575. The Hall–Kier alpha value is -0.820. The van der Waals surface area contributed by atoms with E-state index in [1.54, 1.807) is 23.5 Å². The molecular formula is C10H16N2O3S2. The van der Waals surface area contributed by atoms with E-state index in [0.29, 0.717) is 13.1 Å².